The summed E-state index contributed by atoms with van der Waals surface area (Å²) in [7, 11) is -2.12. The van der Waals surface area contributed by atoms with Gasteiger partial charge in [0.2, 0.25) is 15.9 Å². The van der Waals surface area contributed by atoms with Gasteiger partial charge in [0.1, 0.15) is 18.1 Å². The Balaban J connectivity index is 1.57. The van der Waals surface area contributed by atoms with E-state index in [9.17, 15) is 8.42 Å². The predicted molar refractivity (Wildman–Crippen MR) is 127 cm³/mol. The third-order valence-corrected chi connectivity index (χ3v) is 6.80. The van der Waals surface area contributed by atoms with Crippen molar-refractivity contribution < 1.29 is 22.6 Å². The minimum atomic E-state index is -3.70. The van der Waals surface area contributed by atoms with Gasteiger partial charge in [0, 0.05) is 18.2 Å². The van der Waals surface area contributed by atoms with Crippen molar-refractivity contribution in [1.29, 1.82) is 0 Å². The van der Waals surface area contributed by atoms with Crippen LogP contribution in [0.5, 0.6) is 17.4 Å². The molecule has 1 heterocycles. The summed E-state index contributed by atoms with van der Waals surface area (Å²) in [4.78, 5) is 0.234. The molecule has 3 aromatic rings. The average Bonchev–Trinajstić information content (AvgIpc) is 2.80. The highest BCUT2D eigenvalue weighted by molar-refractivity contribution is 7.89. The standard InChI is InChI=1S/C24H29N3O5S/c1-6-31-20-9-7-19(8-10-20)21-11-12-23(27-26-21)32-14-13-25-33(28,29)22-15-16(2)24(30-5)18(4)17(22)3/h7-12,15,25H,6,13-14H2,1-5H3. The molecule has 33 heavy (non-hydrogen) atoms. The fourth-order valence-corrected chi connectivity index (χ4v) is 4.86. The first-order valence-electron chi connectivity index (χ1n) is 10.6. The Labute approximate surface area is 195 Å². The second-order valence-corrected chi connectivity index (χ2v) is 9.17. The summed E-state index contributed by atoms with van der Waals surface area (Å²) in [6.07, 6.45) is 0. The Kier molecular flexibility index (Phi) is 7.88. The third kappa shape index (κ3) is 5.80. The van der Waals surface area contributed by atoms with Crippen LogP contribution < -0.4 is 18.9 Å². The topological polar surface area (TPSA) is 99.6 Å². The Morgan fingerprint density at radius 3 is 2.27 bits per heavy atom. The van der Waals surface area contributed by atoms with Gasteiger partial charge < -0.3 is 14.2 Å². The SMILES string of the molecule is CCOc1ccc(-c2ccc(OCCNS(=O)(=O)c3cc(C)c(OC)c(C)c3C)nn2)cc1. The molecule has 0 aliphatic carbocycles. The van der Waals surface area contributed by atoms with Crippen LogP contribution in [0.1, 0.15) is 23.6 Å². The fourth-order valence-electron chi connectivity index (χ4n) is 3.46. The van der Waals surface area contributed by atoms with Crippen molar-refractivity contribution in [2.24, 2.45) is 0 Å². The number of nitrogens with one attached hydrogen (secondary N) is 1. The van der Waals surface area contributed by atoms with Crippen LogP contribution in [0.2, 0.25) is 0 Å². The Morgan fingerprint density at radius 1 is 0.939 bits per heavy atom. The molecule has 0 fully saturated rings. The van der Waals surface area contributed by atoms with Crippen molar-refractivity contribution in [3.8, 4) is 28.6 Å². The molecular formula is C24H29N3O5S. The molecule has 0 aliphatic heterocycles. The summed E-state index contributed by atoms with van der Waals surface area (Å²) < 4.78 is 44.5. The van der Waals surface area contributed by atoms with Crippen molar-refractivity contribution in [2.75, 3.05) is 26.9 Å². The number of rotatable bonds is 10. The van der Waals surface area contributed by atoms with E-state index in [1.807, 2.05) is 45.0 Å². The second kappa shape index (κ2) is 10.6. The lowest BCUT2D eigenvalue weighted by molar-refractivity contribution is 0.307. The maximum atomic E-state index is 12.8. The number of methoxy groups -OCH3 is 1. The normalized spacial score (nSPS) is 11.3. The molecule has 0 bridgehead atoms. The van der Waals surface area contributed by atoms with Crippen LogP contribution in [-0.4, -0.2) is 45.5 Å². The lowest BCUT2D eigenvalue weighted by Crippen LogP contribution is -2.29. The zero-order valence-corrected chi connectivity index (χ0v) is 20.3. The highest BCUT2D eigenvalue weighted by atomic mass is 32.2. The monoisotopic (exact) mass is 471 g/mol. The van der Waals surface area contributed by atoms with E-state index in [4.69, 9.17) is 14.2 Å². The van der Waals surface area contributed by atoms with Gasteiger partial charge in [-0.25, -0.2) is 13.1 Å². The van der Waals surface area contributed by atoms with Crippen molar-refractivity contribution in [3.05, 3.63) is 59.2 Å². The summed E-state index contributed by atoms with van der Waals surface area (Å²) >= 11 is 0. The molecule has 0 saturated carbocycles. The largest absolute Gasteiger partial charge is 0.496 e. The maximum absolute atomic E-state index is 12.8. The average molecular weight is 472 g/mol. The molecule has 0 aliphatic rings. The van der Waals surface area contributed by atoms with Gasteiger partial charge >= 0.3 is 0 Å². The molecule has 9 heteroatoms. The summed E-state index contributed by atoms with van der Waals surface area (Å²) in [6.45, 7) is 8.19. The quantitative estimate of drug-likeness (QED) is 0.449. The minimum absolute atomic E-state index is 0.0915. The first-order chi connectivity index (χ1) is 15.8. The van der Waals surface area contributed by atoms with E-state index in [0.29, 0.717) is 29.5 Å². The first-order valence-corrected chi connectivity index (χ1v) is 12.1. The molecule has 1 N–H and O–H groups in total. The van der Waals surface area contributed by atoms with Gasteiger partial charge in [-0.1, -0.05) is 0 Å². The van der Waals surface area contributed by atoms with Gasteiger partial charge in [0.05, 0.1) is 24.3 Å². The van der Waals surface area contributed by atoms with Crippen LogP contribution in [0.4, 0.5) is 0 Å². The number of sulfonamides is 1. The van der Waals surface area contributed by atoms with E-state index in [0.717, 1.165) is 22.4 Å². The fraction of sp³-hybridized carbons (Fsp3) is 0.333. The van der Waals surface area contributed by atoms with Crippen molar-refractivity contribution in [2.45, 2.75) is 32.6 Å². The molecule has 1 aromatic heterocycles. The van der Waals surface area contributed by atoms with Crippen LogP contribution in [0.3, 0.4) is 0 Å². The van der Waals surface area contributed by atoms with E-state index in [1.54, 1.807) is 32.2 Å². The Morgan fingerprint density at radius 2 is 1.67 bits per heavy atom. The van der Waals surface area contributed by atoms with E-state index in [1.165, 1.54) is 0 Å². The molecule has 0 saturated heterocycles. The van der Waals surface area contributed by atoms with Crippen LogP contribution in [0.25, 0.3) is 11.3 Å². The smallest absolute Gasteiger partial charge is 0.240 e. The number of benzene rings is 2. The molecule has 0 amide bonds. The maximum Gasteiger partial charge on any atom is 0.240 e. The molecule has 2 aromatic carbocycles. The Bertz CT molecular complexity index is 1190. The lowest BCUT2D eigenvalue weighted by atomic mass is 10.1. The first kappa shape index (κ1) is 24.5. The Hall–Kier alpha value is -3.17. The van der Waals surface area contributed by atoms with E-state index >= 15 is 0 Å². The third-order valence-electron chi connectivity index (χ3n) is 5.22. The number of nitrogens with zero attached hydrogens (tertiary/aromatic N) is 2. The zero-order valence-electron chi connectivity index (χ0n) is 19.5. The van der Waals surface area contributed by atoms with E-state index in [2.05, 4.69) is 14.9 Å². The second-order valence-electron chi connectivity index (χ2n) is 7.44. The summed E-state index contributed by atoms with van der Waals surface area (Å²) in [5.41, 5.74) is 3.83. The highest BCUT2D eigenvalue weighted by Crippen LogP contribution is 2.30. The van der Waals surface area contributed by atoms with Gasteiger partial charge in [0.15, 0.2) is 0 Å². The molecular weight excluding hydrogens is 442 g/mol. The summed E-state index contributed by atoms with van der Waals surface area (Å²) in [5.74, 6) is 1.81. The number of ether oxygens (including phenoxy) is 3. The molecule has 0 atom stereocenters. The van der Waals surface area contributed by atoms with Crippen LogP contribution >= 0.6 is 0 Å². The van der Waals surface area contributed by atoms with Crippen LogP contribution in [0, 0.1) is 20.8 Å². The molecule has 176 valence electrons. The number of hydrogen-bond donors (Lipinski definition) is 1. The highest BCUT2D eigenvalue weighted by Gasteiger charge is 2.21. The molecule has 0 unspecified atom stereocenters. The minimum Gasteiger partial charge on any atom is -0.496 e. The van der Waals surface area contributed by atoms with Gasteiger partial charge in [-0.15, -0.1) is 10.2 Å². The zero-order chi connectivity index (χ0) is 24.0. The number of aromatic nitrogens is 2. The molecule has 3 rings (SSSR count). The van der Waals surface area contributed by atoms with Crippen LogP contribution in [-0.2, 0) is 10.0 Å². The van der Waals surface area contributed by atoms with Gasteiger partial charge in [0.25, 0.3) is 0 Å². The molecule has 0 spiro atoms. The van der Waals surface area contributed by atoms with Crippen LogP contribution in [0.15, 0.2) is 47.4 Å². The van der Waals surface area contributed by atoms with E-state index in [-0.39, 0.29) is 18.0 Å². The number of hydrogen-bond acceptors (Lipinski definition) is 7. The number of aryl methyl sites for hydroxylation is 1. The lowest BCUT2D eigenvalue weighted by Gasteiger charge is -2.16. The van der Waals surface area contributed by atoms with E-state index < -0.39 is 10.0 Å². The van der Waals surface area contributed by atoms with Crippen molar-refractivity contribution in [3.63, 3.8) is 0 Å². The predicted octanol–water partition coefficient (Wildman–Crippen LogP) is 3.83. The molecule has 8 nitrogen and oxygen atoms in total. The van der Waals surface area contributed by atoms with Gasteiger partial charge in [-0.2, -0.15) is 0 Å². The van der Waals surface area contributed by atoms with Gasteiger partial charge in [-0.05, 0) is 80.8 Å². The van der Waals surface area contributed by atoms with Gasteiger partial charge in [-0.3, -0.25) is 0 Å². The summed E-state index contributed by atoms with van der Waals surface area (Å²) in [5, 5.41) is 8.25. The van der Waals surface area contributed by atoms with Crippen molar-refractivity contribution >= 4 is 10.0 Å². The molecule has 0 radical (unpaired) electrons. The summed E-state index contributed by atoms with van der Waals surface area (Å²) in [6, 6.07) is 12.7. The van der Waals surface area contributed by atoms with Crippen molar-refractivity contribution in [1.82, 2.24) is 14.9 Å².